The Hall–Kier alpha value is -3.20. The third-order valence-electron chi connectivity index (χ3n) is 5.15. The number of aryl methyl sites for hydroxylation is 1. The van der Waals surface area contributed by atoms with Crippen LogP contribution in [0.3, 0.4) is 0 Å². The van der Waals surface area contributed by atoms with Crippen LogP contribution in [0.5, 0.6) is 0 Å². The van der Waals surface area contributed by atoms with Crippen molar-refractivity contribution in [3.63, 3.8) is 0 Å². The van der Waals surface area contributed by atoms with Crippen molar-refractivity contribution in [2.24, 2.45) is 7.05 Å². The number of aromatic nitrogens is 3. The van der Waals surface area contributed by atoms with Crippen LogP contribution < -0.4 is 0 Å². The summed E-state index contributed by atoms with van der Waals surface area (Å²) >= 11 is 0. The van der Waals surface area contributed by atoms with Gasteiger partial charge in [0.15, 0.2) is 0 Å². The molecular formula is C22H21F3N4O2. The van der Waals surface area contributed by atoms with Gasteiger partial charge in [-0.1, -0.05) is 24.3 Å². The number of carbonyl (C=O) groups is 1. The van der Waals surface area contributed by atoms with Crippen molar-refractivity contribution in [2.75, 3.05) is 19.7 Å². The first-order valence-corrected chi connectivity index (χ1v) is 9.80. The molecule has 162 valence electrons. The highest BCUT2D eigenvalue weighted by Crippen LogP contribution is 2.30. The average molecular weight is 430 g/mol. The van der Waals surface area contributed by atoms with Crippen LogP contribution in [0.15, 0.2) is 55.0 Å². The molecule has 3 aromatic rings. The SMILES string of the molecule is Cn1cc(C(=O)N2CCO[C@@H](c3ccc(Cc4cccc(C(F)(F)F)c4)cn3)C2)cn1. The molecule has 1 amide bonds. The predicted molar refractivity (Wildman–Crippen MR) is 106 cm³/mol. The van der Waals surface area contributed by atoms with Gasteiger partial charge in [-0.25, -0.2) is 0 Å². The fourth-order valence-corrected chi connectivity index (χ4v) is 3.55. The Kier molecular flexibility index (Phi) is 5.77. The Morgan fingerprint density at radius 2 is 2.03 bits per heavy atom. The van der Waals surface area contributed by atoms with Gasteiger partial charge in [-0.15, -0.1) is 0 Å². The van der Waals surface area contributed by atoms with Crippen LogP contribution in [0, 0.1) is 0 Å². The largest absolute Gasteiger partial charge is 0.416 e. The van der Waals surface area contributed by atoms with Crippen LogP contribution >= 0.6 is 0 Å². The van der Waals surface area contributed by atoms with E-state index in [0.717, 1.165) is 17.7 Å². The quantitative estimate of drug-likeness (QED) is 0.634. The van der Waals surface area contributed by atoms with Crippen LogP contribution in [0.25, 0.3) is 0 Å². The molecule has 9 heteroatoms. The summed E-state index contributed by atoms with van der Waals surface area (Å²) in [6.07, 6.45) is 0.461. The zero-order valence-electron chi connectivity index (χ0n) is 16.8. The molecule has 0 saturated carbocycles. The highest BCUT2D eigenvalue weighted by atomic mass is 19.4. The molecular weight excluding hydrogens is 409 g/mol. The lowest BCUT2D eigenvalue weighted by Gasteiger charge is -2.32. The van der Waals surface area contributed by atoms with Gasteiger partial charge in [0.05, 0.1) is 36.2 Å². The van der Waals surface area contributed by atoms with Gasteiger partial charge in [-0.2, -0.15) is 18.3 Å². The van der Waals surface area contributed by atoms with Gasteiger partial charge < -0.3 is 9.64 Å². The lowest BCUT2D eigenvalue weighted by molar-refractivity contribution is -0.137. The van der Waals surface area contributed by atoms with Crippen molar-refractivity contribution in [1.29, 1.82) is 0 Å². The van der Waals surface area contributed by atoms with E-state index >= 15 is 0 Å². The number of carbonyl (C=O) groups excluding carboxylic acids is 1. The topological polar surface area (TPSA) is 60.2 Å². The first kappa shape index (κ1) is 21.0. The molecule has 1 saturated heterocycles. The van der Waals surface area contributed by atoms with E-state index in [1.54, 1.807) is 41.2 Å². The number of amides is 1. The monoisotopic (exact) mass is 430 g/mol. The van der Waals surface area contributed by atoms with Crippen molar-refractivity contribution in [3.05, 3.63) is 82.9 Å². The van der Waals surface area contributed by atoms with E-state index in [0.29, 0.717) is 42.9 Å². The molecule has 1 aromatic carbocycles. The smallest absolute Gasteiger partial charge is 0.368 e. The van der Waals surface area contributed by atoms with E-state index in [2.05, 4.69) is 10.1 Å². The van der Waals surface area contributed by atoms with Gasteiger partial charge in [-0.3, -0.25) is 14.5 Å². The van der Waals surface area contributed by atoms with E-state index in [9.17, 15) is 18.0 Å². The van der Waals surface area contributed by atoms with Crippen molar-refractivity contribution >= 4 is 5.91 Å². The number of morpholine rings is 1. The molecule has 1 aliphatic heterocycles. The predicted octanol–water partition coefficient (Wildman–Crippen LogP) is 3.64. The highest BCUT2D eigenvalue weighted by Gasteiger charge is 2.30. The summed E-state index contributed by atoms with van der Waals surface area (Å²) in [6, 6.07) is 8.91. The summed E-state index contributed by atoms with van der Waals surface area (Å²) in [5, 5.41) is 4.04. The van der Waals surface area contributed by atoms with Gasteiger partial charge in [0.1, 0.15) is 6.10 Å². The van der Waals surface area contributed by atoms with E-state index < -0.39 is 11.7 Å². The van der Waals surface area contributed by atoms with Gasteiger partial charge >= 0.3 is 6.18 Å². The number of nitrogens with zero attached hydrogens (tertiary/aromatic N) is 4. The fraction of sp³-hybridized carbons (Fsp3) is 0.318. The number of rotatable bonds is 4. The lowest BCUT2D eigenvalue weighted by atomic mass is 10.0. The van der Waals surface area contributed by atoms with Gasteiger partial charge in [0.25, 0.3) is 5.91 Å². The summed E-state index contributed by atoms with van der Waals surface area (Å²) < 4.78 is 46.1. The van der Waals surface area contributed by atoms with Crippen LogP contribution in [-0.4, -0.2) is 45.3 Å². The van der Waals surface area contributed by atoms with Gasteiger partial charge in [0, 0.05) is 26.0 Å². The standard InChI is InChI=1S/C22H21F3N4O2/c1-28-13-17(12-27-28)21(30)29-7-8-31-20(14-29)19-6-5-16(11-26-19)9-15-3-2-4-18(10-15)22(23,24)25/h2-6,10-13,20H,7-9,14H2,1H3/t20-/m1/s1. The summed E-state index contributed by atoms with van der Waals surface area (Å²) in [6.45, 7) is 1.25. The maximum atomic E-state index is 12.9. The maximum absolute atomic E-state index is 12.9. The second kappa shape index (κ2) is 8.50. The number of halogens is 3. The number of hydrogen-bond acceptors (Lipinski definition) is 4. The zero-order valence-corrected chi connectivity index (χ0v) is 16.8. The normalized spacial score (nSPS) is 17.0. The minimum Gasteiger partial charge on any atom is -0.368 e. The molecule has 0 aliphatic carbocycles. The lowest BCUT2D eigenvalue weighted by Crippen LogP contribution is -2.42. The maximum Gasteiger partial charge on any atom is 0.416 e. The summed E-state index contributed by atoms with van der Waals surface area (Å²) in [4.78, 5) is 18.8. The Balaban J connectivity index is 1.42. The molecule has 0 unspecified atom stereocenters. The second-order valence-electron chi connectivity index (χ2n) is 7.48. The molecule has 1 aliphatic rings. The second-order valence-corrected chi connectivity index (χ2v) is 7.48. The molecule has 0 bridgehead atoms. The number of alkyl halides is 3. The zero-order chi connectivity index (χ0) is 22.0. The summed E-state index contributed by atoms with van der Waals surface area (Å²) in [5.41, 5.74) is 1.89. The van der Waals surface area contributed by atoms with Crippen LogP contribution in [0.1, 0.15) is 38.8 Å². The minimum atomic E-state index is -4.37. The first-order valence-electron chi connectivity index (χ1n) is 9.80. The van der Waals surface area contributed by atoms with Crippen molar-refractivity contribution in [2.45, 2.75) is 18.7 Å². The number of ether oxygens (including phenoxy) is 1. The summed E-state index contributed by atoms with van der Waals surface area (Å²) in [7, 11) is 1.75. The molecule has 1 fully saturated rings. The number of hydrogen-bond donors (Lipinski definition) is 0. The van der Waals surface area contributed by atoms with Crippen molar-refractivity contribution < 1.29 is 22.7 Å². The Bertz CT molecular complexity index is 1060. The highest BCUT2D eigenvalue weighted by molar-refractivity contribution is 5.93. The third kappa shape index (κ3) is 4.93. The molecule has 0 radical (unpaired) electrons. The van der Waals surface area contributed by atoms with E-state index in [-0.39, 0.29) is 12.0 Å². The van der Waals surface area contributed by atoms with Crippen LogP contribution in [0.2, 0.25) is 0 Å². The Morgan fingerprint density at radius 1 is 1.19 bits per heavy atom. The van der Waals surface area contributed by atoms with Gasteiger partial charge in [0.2, 0.25) is 0 Å². The Labute approximate surface area is 177 Å². The molecule has 0 spiro atoms. The van der Waals surface area contributed by atoms with Crippen molar-refractivity contribution in [1.82, 2.24) is 19.7 Å². The first-order chi connectivity index (χ1) is 14.8. The van der Waals surface area contributed by atoms with Crippen LogP contribution in [-0.2, 0) is 24.4 Å². The van der Waals surface area contributed by atoms with Gasteiger partial charge in [-0.05, 0) is 29.7 Å². The molecule has 0 N–H and O–H groups in total. The minimum absolute atomic E-state index is 0.109. The van der Waals surface area contributed by atoms with E-state index in [1.807, 2.05) is 6.07 Å². The molecule has 31 heavy (non-hydrogen) atoms. The third-order valence-corrected chi connectivity index (χ3v) is 5.15. The average Bonchev–Trinajstić information content (AvgIpc) is 3.20. The molecule has 3 heterocycles. The summed E-state index contributed by atoms with van der Waals surface area (Å²) in [5.74, 6) is -0.109. The van der Waals surface area contributed by atoms with Crippen molar-refractivity contribution in [3.8, 4) is 0 Å². The van der Waals surface area contributed by atoms with E-state index in [1.165, 1.54) is 12.3 Å². The number of pyridine rings is 1. The molecule has 2 aromatic heterocycles. The Morgan fingerprint density at radius 3 is 2.71 bits per heavy atom. The fourth-order valence-electron chi connectivity index (χ4n) is 3.55. The van der Waals surface area contributed by atoms with E-state index in [4.69, 9.17) is 4.74 Å². The van der Waals surface area contributed by atoms with Crippen LogP contribution in [0.4, 0.5) is 13.2 Å². The molecule has 1 atom stereocenters. The molecule has 6 nitrogen and oxygen atoms in total. The number of benzene rings is 1. The molecule has 4 rings (SSSR count).